The number of anilines is 1. The molecule has 5 nitrogen and oxygen atoms in total. The molecule has 0 aliphatic rings. The number of amides is 2. The molecule has 2 amide bonds. The number of benzene rings is 3. The fourth-order valence-electron chi connectivity index (χ4n) is 3.04. The molecule has 160 valence electrons. The van der Waals surface area contributed by atoms with E-state index < -0.39 is 0 Å². The summed E-state index contributed by atoms with van der Waals surface area (Å²) in [6.07, 6.45) is 0. The van der Waals surface area contributed by atoms with Crippen LogP contribution in [0.1, 0.15) is 53.1 Å². The monoisotopic (exact) mass is 416 g/mol. The van der Waals surface area contributed by atoms with E-state index in [4.69, 9.17) is 4.74 Å². The quantitative estimate of drug-likeness (QED) is 0.512. The summed E-state index contributed by atoms with van der Waals surface area (Å²) in [5, 5.41) is 5.85. The van der Waals surface area contributed by atoms with E-state index in [1.807, 2.05) is 43.3 Å². The second kappa shape index (κ2) is 10.4. The fraction of sp³-hybridized carbons (Fsp3) is 0.231. The lowest BCUT2D eigenvalue weighted by molar-refractivity contribution is 0.0939. The molecule has 1 atom stereocenters. The highest BCUT2D eigenvalue weighted by Crippen LogP contribution is 2.21. The average Bonchev–Trinajstić information content (AvgIpc) is 2.78. The minimum Gasteiger partial charge on any atom is -0.492 e. The van der Waals surface area contributed by atoms with Crippen molar-refractivity contribution in [3.05, 3.63) is 95.6 Å². The Morgan fingerprint density at radius 3 is 2.13 bits per heavy atom. The van der Waals surface area contributed by atoms with E-state index in [0.29, 0.717) is 35.1 Å². The van der Waals surface area contributed by atoms with Gasteiger partial charge in [-0.2, -0.15) is 0 Å². The highest BCUT2D eigenvalue weighted by Gasteiger charge is 2.14. The molecule has 0 aliphatic heterocycles. The van der Waals surface area contributed by atoms with Crippen molar-refractivity contribution in [1.29, 1.82) is 0 Å². The Hall–Kier alpha value is -3.60. The zero-order valence-electron chi connectivity index (χ0n) is 18.1. The smallest absolute Gasteiger partial charge is 0.259 e. The first kappa shape index (κ1) is 22.1. The largest absolute Gasteiger partial charge is 0.492 e. The van der Waals surface area contributed by atoms with Crippen LogP contribution >= 0.6 is 0 Å². The second-order valence-electron chi connectivity index (χ2n) is 7.84. The molecule has 0 fully saturated rings. The minimum atomic E-state index is -0.255. The number of carbonyl (C=O) groups is 2. The Morgan fingerprint density at radius 2 is 1.45 bits per heavy atom. The summed E-state index contributed by atoms with van der Waals surface area (Å²) in [6, 6.07) is 23.7. The molecule has 3 aromatic carbocycles. The van der Waals surface area contributed by atoms with Gasteiger partial charge in [0.05, 0.1) is 18.2 Å². The zero-order valence-corrected chi connectivity index (χ0v) is 18.1. The predicted molar refractivity (Wildman–Crippen MR) is 123 cm³/mol. The molecule has 0 heterocycles. The number of rotatable bonds is 8. The molecule has 0 saturated heterocycles. The first-order valence-corrected chi connectivity index (χ1v) is 10.4. The van der Waals surface area contributed by atoms with Gasteiger partial charge in [0.2, 0.25) is 0 Å². The Bertz CT molecular complexity index is 1010. The molecule has 0 radical (unpaired) electrons. The maximum atomic E-state index is 12.7. The van der Waals surface area contributed by atoms with Gasteiger partial charge in [-0.1, -0.05) is 56.3 Å². The van der Waals surface area contributed by atoms with Gasteiger partial charge in [-0.05, 0) is 54.8 Å². The standard InChI is InChI=1S/C26H28N2O3/c1-18(2)17-31-24-12-8-7-11-23(24)26(30)28-22-15-13-21(14-16-22)25(29)27-19(3)20-9-5-4-6-10-20/h4-16,18-19H,17H2,1-3H3,(H,27,29)(H,28,30). The van der Waals surface area contributed by atoms with Crippen LogP contribution in [-0.2, 0) is 0 Å². The number of ether oxygens (including phenoxy) is 1. The van der Waals surface area contributed by atoms with Gasteiger partial charge in [-0.15, -0.1) is 0 Å². The number of para-hydroxylation sites is 1. The zero-order chi connectivity index (χ0) is 22.2. The summed E-state index contributed by atoms with van der Waals surface area (Å²) in [5.41, 5.74) is 2.65. The molecule has 0 saturated carbocycles. The SMILES string of the molecule is CC(C)COc1ccccc1C(=O)Nc1ccc(C(=O)NC(C)c2ccccc2)cc1. The normalized spacial score (nSPS) is 11.6. The van der Waals surface area contributed by atoms with E-state index in [1.54, 1.807) is 42.5 Å². The van der Waals surface area contributed by atoms with Crippen LogP contribution < -0.4 is 15.4 Å². The highest BCUT2D eigenvalue weighted by molar-refractivity contribution is 6.06. The highest BCUT2D eigenvalue weighted by atomic mass is 16.5. The Balaban J connectivity index is 1.63. The number of carbonyl (C=O) groups excluding carboxylic acids is 2. The van der Waals surface area contributed by atoms with Crippen molar-refractivity contribution < 1.29 is 14.3 Å². The van der Waals surface area contributed by atoms with Crippen molar-refractivity contribution in [3.8, 4) is 5.75 Å². The van der Waals surface area contributed by atoms with E-state index in [9.17, 15) is 9.59 Å². The number of nitrogens with one attached hydrogen (secondary N) is 2. The molecule has 3 rings (SSSR count). The third-order valence-corrected chi connectivity index (χ3v) is 4.76. The first-order valence-electron chi connectivity index (χ1n) is 10.4. The molecule has 2 N–H and O–H groups in total. The van der Waals surface area contributed by atoms with Crippen LogP contribution in [0.15, 0.2) is 78.9 Å². The van der Waals surface area contributed by atoms with Crippen molar-refractivity contribution in [3.63, 3.8) is 0 Å². The van der Waals surface area contributed by atoms with Crippen molar-refractivity contribution >= 4 is 17.5 Å². The summed E-state index contributed by atoms with van der Waals surface area (Å²) >= 11 is 0. The molecule has 0 spiro atoms. The van der Waals surface area contributed by atoms with E-state index >= 15 is 0 Å². The Morgan fingerprint density at radius 1 is 0.806 bits per heavy atom. The van der Waals surface area contributed by atoms with Gasteiger partial charge in [0.15, 0.2) is 0 Å². The lowest BCUT2D eigenvalue weighted by Crippen LogP contribution is -2.26. The van der Waals surface area contributed by atoms with Crippen molar-refractivity contribution in [2.24, 2.45) is 5.92 Å². The second-order valence-corrected chi connectivity index (χ2v) is 7.84. The molecular weight excluding hydrogens is 388 g/mol. The van der Waals surface area contributed by atoms with Gasteiger partial charge >= 0.3 is 0 Å². The molecule has 31 heavy (non-hydrogen) atoms. The van der Waals surface area contributed by atoms with Crippen molar-refractivity contribution in [2.75, 3.05) is 11.9 Å². The molecule has 5 heteroatoms. The van der Waals surface area contributed by atoms with Gasteiger partial charge in [0.25, 0.3) is 11.8 Å². The fourth-order valence-corrected chi connectivity index (χ4v) is 3.04. The van der Waals surface area contributed by atoms with Crippen LogP contribution in [0.25, 0.3) is 0 Å². The molecule has 3 aromatic rings. The van der Waals surface area contributed by atoms with Gasteiger partial charge in [-0.25, -0.2) is 0 Å². The van der Waals surface area contributed by atoms with Crippen molar-refractivity contribution in [1.82, 2.24) is 5.32 Å². The van der Waals surface area contributed by atoms with Crippen LogP contribution in [0, 0.1) is 5.92 Å². The summed E-state index contributed by atoms with van der Waals surface area (Å²) in [5.74, 6) is 0.495. The van der Waals surface area contributed by atoms with Crippen LogP contribution in [0.4, 0.5) is 5.69 Å². The van der Waals surface area contributed by atoms with E-state index in [2.05, 4.69) is 24.5 Å². The number of hydrogen-bond donors (Lipinski definition) is 2. The average molecular weight is 417 g/mol. The maximum Gasteiger partial charge on any atom is 0.259 e. The third-order valence-electron chi connectivity index (χ3n) is 4.76. The third kappa shape index (κ3) is 6.19. The van der Waals surface area contributed by atoms with Gasteiger partial charge in [0.1, 0.15) is 5.75 Å². The topological polar surface area (TPSA) is 67.4 Å². The van der Waals surface area contributed by atoms with Crippen LogP contribution in [0.3, 0.4) is 0 Å². The number of hydrogen-bond acceptors (Lipinski definition) is 3. The van der Waals surface area contributed by atoms with Crippen LogP contribution in [0.5, 0.6) is 5.75 Å². The molecule has 0 bridgehead atoms. The van der Waals surface area contributed by atoms with E-state index in [-0.39, 0.29) is 17.9 Å². The summed E-state index contributed by atoms with van der Waals surface area (Å²) in [6.45, 7) is 6.60. The maximum absolute atomic E-state index is 12.7. The minimum absolute atomic E-state index is 0.101. The van der Waals surface area contributed by atoms with Crippen LogP contribution in [0.2, 0.25) is 0 Å². The summed E-state index contributed by atoms with van der Waals surface area (Å²) in [4.78, 5) is 25.3. The van der Waals surface area contributed by atoms with Crippen molar-refractivity contribution in [2.45, 2.75) is 26.8 Å². The van der Waals surface area contributed by atoms with Gasteiger partial charge in [0, 0.05) is 11.3 Å². The summed E-state index contributed by atoms with van der Waals surface area (Å²) in [7, 11) is 0. The predicted octanol–water partition coefficient (Wildman–Crippen LogP) is 5.46. The Labute approximate surface area is 183 Å². The molecular formula is C26H28N2O3. The Kier molecular flexibility index (Phi) is 7.44. The first-order chi connectivity index (χ1) is 14.9. The van der Waals surface area contributed by atoms with Gasteiger partial charge < -0.3 is 15.4 Å². The van der Waals surface area contributed by atoms with Crippen LogP contribution in [-0.4, -0.2) is 18.4 Å². The van der Waals surface area contributed by atoms with Gasteiger partial charge in [-0.3, -0.25) is 9.59 Å². The lowest BCUT2D eigenvalue weighted by Gasteiger charge is -2.15. The van der Waals surface area contributed by atoms with E-state index in [0.717, 1.165) is 5.56 Å². The lowest BCUT2D eigenvalue weighted by atomic mass is 10.1. The van der Waals surface area contributed by atoms with E-state index in [1.165, 1.54) is 0 Å². The molecule has 0 aromatic heterocycles. The molecule has 0 aliphatic carbocycles. The summed E-state index contributed by atoms with van der Waals surface area (Å²) < 4.78 is 5.77. The molecule has 1 unspecified atom stereocenters.